The van der Waals surface area contributed by atoms with Gasteiger partial charge in [0.1, 0.15) is 9.39 Å². The Morgan fingerprint density at radius 1 is 1.42 bits per heavy atom. The summed E-state index contributed by atoms with van der Waals surface area (Å²) in [6.45, 7) is 7.69. The molecule has 1 aromatic heterocycles. The van der Waals surface area contributed by atoms with E-state index < -0.39 is 5.60 Å². The van der Waals surface area contributed by atoms with Crippen molar-refractivity contribution in [2.75, 3.05) is 37.6 Å². The quantitative estimate of drug-likeness (QED) is 0.739. The van der Waals surface area contributed by atoms with Gasteiger partial charge in [-0.15, -0.1) is 0 Å². The van der Waals surface area contributed by atoms with Crippen LogP contribution in [0.2, 0.25) is 0 Å². The normalized spacial score (nSPS) is 17.8. The highest BCUT2D eigenvalue weighted by atomic mass is 127. The van der Waals surface area contributed by atoms with E-state index in [9.17, 15) is 9.90 Å². The molecule has 2 rings (SSSR count). The summed E-state index contributed by atoms with van der Waals surface area (Å²) in [5.74, 6) is 0.757. The summed E-state index contributed by atoms with van der Waals surface area (Å²) in [5, 5.41) is 9.82. The van der Waals surface area contributed by atoms with Gasteiger partial charge < -0.3 is 15.0 Å². The number of rotatable bonds is 3. The number of nitrogens with one attached hydrogen (secondary N) is 1. The Labute approximate surface area is 126 Å². The third-order valence-electron chi connectivity index (χ3n) is 3.06. The number of aromatic nitrogens is 2. The molecule has 106 valence electrons. The minimum Gasteiger partial charge on any atom is -0.389 e. The molecule has 1 aliphatic heterocycles. The van der Waals surface area contributed by atoms with Crippen molar-refractivity contribution >= 4 is 28.4 Å². The summed E-state index contributed by atoms with van der Waals surface area (Å²) in [4.78, 5) is 22.7. The van der Waals surface area contributed by atoms with Crippen LogP contribution in [0.5, 0.6) is 0 Å². The van der Waals surface area contributed by atoms with Crippen molar-refractivity contribution < 1.29 is 5.11 Å². The average molecular weight is 378 g/mol. The van der Waals surface area contributed by atoms with E-state index in [1.807, 2.05) is 36.4 Å². The summed E-state index contributed by atoms with van der Waals surface area (Å²) in [6.07, 6.45) is 1.45. The van der Waals surface area contributed by atoms with E-state index in [4.69, 9.17) is 0 Å². The molecule has 1 aliphatic rings. The molecule has 0 aromatic carbocycles. The van der Waals surface area contributed by atoms with Crippen molar-refractivity contribution in [1.29, 1.82) is 0 Å². The minimum absolute atomic E-state index is 0.0930. The fourth-order valence-electron chi connectivity index (χ4n) is 2.26. The molecule has 2 heterocycles. The molecule has 0 amide bonds. The summed E-state index contributed by atoms with van der Waals surface area (Å²) < 4.78 is 0.635. The van der Waals surface area contributed by atoms with Crippen LogP contribution in [0.25, 0.3) is 0 Å². The summed E-state index contributed by atoms with van der Waals surface area (Å²) in [7, 11) is 0. The first-order valence-electron chi connectivity index (χ1n) is 6.30. The topological polar surface area (TPSA) is 72.5 Å². The van der Waals surface area contributed by atoms with Gasteiger partial charge in [0, 0.05) is 32.7 Å². The lowest BCUT2D eigenvalue weighted by Crippen LogP contribution is -2.51. The highest BCUT2D eigenvalue weighted by molar-refractivity contribution is 14.1. The second kappa shape index (κ2) is 5.76. The molecule has 19 heavy (non-hydrogen) atoms. The molecule has 0 atom stereocenters. The SMILES string of the molecule is CC(C)(O)CN1CCN(c2nc[nH]c(=O)c2I)CC1. The molecule has 1 fully saturated rings. The molecule has 0 spiro atoms. The van der Waals surface area contributed by atoms with Crippen molar-refractivity contribution in [3.8, 4) is 0 Å². The number of hydrogen-bond acceptors (Lipinski definition) is 5. The number of β-amino-alcohol motifs (C(OH)–C–C–N with tert-alkyl or cyclic N) is 1. The zero-order valence-electron chi connectivity index (χ0n) is 11.2. The van der Waals surface area contributed by atoms with Gasteiger partial charge in [-0.3, -0.25) is 9.69 Å². The van der Waals surface area contributed by atoms with E-state index in [1.54, 1.807) is 0 Å². The van der Waals surface area contributed by atoms with Crippen LogP contribution in [-0.4, -0.2) is 58.3 Å². The van der Waals surface area contributed by atoms with Crippen LogP contribution in [0.1, 0.15) is 13.8 Å². The van der Waals surface area contributed by atoms with E-state index in [-0.39, 0.29) is 5.56 Å². The predicted octanol–water partition coefficient (Wildman–Crippen LogP) is 0.267. The monoisotopic (exact) mass is 378 g/mol. The Morgan fingerprint density at radius 2 is 2.05 bits per heavy atom. The number of piperazine rings is 1. The van der Waals surface area contributed by atoms with Gasteiger partial charge in [0.2, 0.25) is 0 Å². The maximum absolute atomic E-state index is 11.6. The van der Waals surface area contributed by atoms with Crippen LogP contribution in [0, 0.1) is 3.57 Å². The molecule has 1 aromatic rings. The lowest BCUT2D eigenvalue weighted by Gasteiger charge is -2.37. The second-order valence-corrected chi connectivity index (χ2v) is 6.52. The number of anilines is 1. The molecule has 0 saturated carbocycles. The molecular weight excluding hydrogens is 359 g/mol. The van der Waals surface area contributed by atoms with Crippen LogP contribution in [0.15, 0.2) is 11.1 Å². The third kappa shape index (κ3) is 3.90. The largest absolute Gasteiger partial charge is 0.389 e. The van der Waals surface area contributed by atoms with Gasteiger partial charge in [-0.05, 0) is 36.4 Å². The van der Waals surface area contributed by atoms with E-state index in [2.05, 4.69) is 19.8 Å². The van der Waals surface area contributed by atoms with E-state index >= 15 is 0 Å². The first kappa shape index (κ1) is 14.7. The number of hydrogen-bond donors (Lipinski definition) is 2. The maximum Gasteiger partial charge on any atom is 0.266 e. The third-order valence-corrected chi connectivity index (χ3v) is 4.03. The smallest absolute Gasteiger partial charge is 0.266 e. The Hall–Kier alpha value is -0.670. The molecule has 2 N–H and O–H groups in total. The van der Waals surface area contributed by atoms with Gasteiger partial charge in [0.05, 0.1) is 11.9 Å². The summed E-state index contributed by atoms with van der Waals surface area (Å²) in [5.41, 5.74) is -0.761. The van der Waals surface area contributed by atoms with E-state index in [0.717, 1.165) is 32.0 Å². The Kier molecular flexibility index (Phi) is 4.46. The van der Waals surface area contributed by atoms with Crippen LogP contribution in [0.3, 0.4) is 0 Å². The molecule has 0 aliphatic carbocycles. The lowest BCUT2D eigenvalue weighted by molar-refractivity contribution is 0.0344. The molecular formula is C12H19IN4O2. The number of aliphatic hydroxyl groups is 1. The van der Waals surface area contributed by atoms with E-state index in [0.29, 0.717) is 10.1 Å². The minimum atomic E-state index is -0.668. The highest BCUT2D eigenvalue weighted by Crippen LogP contribution is 2.18. The predicted molar refractivity (Wildman–Crippen MR) is 82.5 cm³/mol. The van der Waals surface area contributed by atoms with Crippen LogP contribution in [0.4, 0.5) is 5.82 Å². The fraction of sp³-hybridized carbons (Fsp3) is 0.667. The van der Waals surface area contributed by atoms with Crippen molar-refractivity contribution in [1.82, 2.24) is 14.9 Å². The summed E-state index contributed by atoms with van der Waals surface area (Å²) >= 11 is 2.03. The highest BCUT2D eigenvalue weighted by Gasteiger charge is 2.24. The van der Waals surface area contributed by atoms with Crippen LogP contribution < -0.4 is 10.5 Å². The van der Waals surface area contributed by atoms with Crippen molar-refractivity contribution in [2.24, 2.45) is 0 Å². The van der Waals surface area contributed by atoms with Crippen molar-refractivity contribution in [3.63, 3.8) is 0 Å². The zero-order chi connectivity index (χ0) is 14.0. The second-order valence-electron chi connectivity index (χ2n) is 5.44. The Morgan fingerprint density at radius 3 is 2.63 bits per heavy atom. The van der Waals surface area contributed by atoms with Gasteiger partial charge in [-0.2, -0.15) is 0 Å². The van der Waals surface area contributed by atoms with Gasteiger partial charge in [-0.1, -0.05) is 0 Å². The molecule has 6 nitrogen and oxygen atoms in total. The Balaban J connectivity index is 2.00. The Bertz CT molecular complexity index is 489. The van der Waals surface area contributed by atoms with Crippen LogP contribution in [-0.2, 0) is 0 Å². The van der Waals surface area contributed by atoms with Crippen LogP contribution >= 0.6 is 22.6 Å². The number of nitrogens with zero attached hydrogens (tertiary/aromatic N) is 3. The molecule has 7 heteroatoms. The first-order chi connectivity index (χ1) is 8.87. The van der Waals surface area contributed by atoms with Gasteiger partial charge in [-0.25, -0.2) is 4.98 Å². The first-order valence-corrected chi connectivity index (χ1v) is 7.37. The number of halogens is 1. The average Bonchev–Trinajstić information content (AvgIpc) is 2.32. The maximum atomic E-state index is 11.6. The number of aromatic amines is 1. The summed E-state index contributed by atoms with van der Waals surface area (Å²) in [6, 6.07) is 0. The van der Waals surface area contributed by atoms with Gasteiger partial charge in [0.15, 0.2) is 0 Å². The van der Waals surface area contributed by atoms with Crippen molar-refractivity contribution in [2.45, 2.75) is 19.4 Å². The van der Waals surface area contributed by atoms with Crippen molar-refractivity contribution in [3.05, 3.63) is 20.3 Å². The molecule has 0 radical (unpaired) electrons. The molecule has 1 saturated heterocycles. The standard InChI is InChI=1S/C12H19IN4O2/c1-12(2,19)7-16-3-5-17(6-4-16)10-9(13)11(18)15-8-14-10/h8,19H,3-7H2,1-2H3,(H,14,15,18). The van der Waals surface area contributed by atoms with Gasteiger partial charge in [0.25, 0.3) is 5.56 Å². The van der Waals surface area contributed by atoms with E-state index in [1.165, 1.54) is 6.33 Å². The molecule has 0 bridgehead atoms. The lowest BCUT2D eigenvalue weighted by atomic mass is 10.1. The molecule has 0 unspecified atom stereocenters. The van der Waals surface area contributed by atoms with Gasteiger partial charge >= 0.3 is 0 Å². The number of H-pyrrole nitrogens is 1. The fourth-order valence-corrected chi connectivity index (χ4v) is 2.90. The zero-order valence-corrected chi connectivity index (χ0v) is 13.3.